The van der Waals surface area contributed by atoms with Crippen LogP contribution in [0.15, 0.2) is 42.7 Å². The molecule has 1 atom stereocenters. The average molecular weight is 327 g/mol. The van der Waals surface area contributed by atoms with E-state index in [1.165, 1.54) is 5.56 Å². The molecule has 1 aromatic heterocycles. The third-order valence-corrected chi connectivity index (χ3v) is 4.46. The molecule has 5 heteroatoms. The van der Waals surface area contributed by atoms with Crippen molar-refractivity contribution in [1.29, 1.82) is 0 Å². The van der Waals surface area contributed by atoms with E-state index in [-0.39, 0.29) is 18.6 Å². The van der Waals surface area contributed by atoms with Crippen LogP contribution in [0.5, 0.6) is 0 Å². The first-order chi connectivity index (χ1) is 11.7. The zero-order valence-corrected chi connectivity index (χ0v) is 14.2. The van der Waals surface area contributed by atoms with Gasteiger partial charge in [-0.3, -0.25) is 9.48 Å². The Hall–Kier alpha value is -2.14. The van der Waals surface area contributed by atoms with Crippen LogP contribution in [0.25, 0.3) is 0 Å². The molecule has 1 saturated heterocycles. The predicted molar refractivity (Wildman–Crippen MR) is 92.8 cm³/mol. The minimum Gasteiger partial charge on any atom is -0.371 e. The van der Waals surface area contributed by atoms with Crippen molar-refractivity contribution < 1.29 is 9.53 Å². The molecule has 2 aromatic rings. The van der Waals surface area contributed by atoms with Crippen molar-refractivity contribution in [3.63, 3.8) is 0 Å². The minimum absolute atomic E-state index is 0.0802. The number of carbonyl (C=O) groups is 1. The number of nitrogens with zero attached hydrogens (tertiary/aromatic N) is 3. The van der Waals surface area contributed by atoms with Crippen LogP contribution in [-0.2, 0) is 16.0 Å². The standard InChI is InChI=1S/C19H25N3O2/c1-16-12-20-22(13-16)18-8-5-10-21(14-18)19(23)15-24-11-9-17-6-3-2-4-7-17/h2-4,6-7,12-13,18H,5,8-11,14-15H2,1H3. The van der Waals surface area contributed by atoms with Crippen LogP contribution < -0.4 is 0 Å². The molecular weight excluding hydrogens is 302 g/mol. The highest BCUT2D eigenvalue weighted by molar-refractivity contribution is 5.77. The summed E-state index contributed by atoms with van der Waals surface area (Å²) in [6.45, 7) is 4.32. The number of amides is 1. The fourth-order valence-corrected chi connectivity index (χ4v) is 3.12. The molecular formula is C19H25N3O2. The molecule has 5 nitrogen and oxygen atoms in total. The highest BCUT2D eigenvalue weighted by Gasteiger charge is 2.25. The van der Waals surface area contributed by atoms with Crippen molar-refractivity contribution in [3.8, 4) is 0 Å². The molecule has 1 fully saturated rings. The molecule has 1 aliphatic heterocycles. The summed E-state index contributed by atoms with van der Waals surface area (Å²) >= 11 is 0. The van der Waals surface area contributed by atoms with E-state index in [1.54, 1.807) is 0 Å². The molecule has 1 unspecified atom stereocenters. The van der Waals surface area contributed by atoms with E-state index in [2.05, 4.69) is 23.4 Å². The molecule has 0 bridgehead atoms. The fraction of sp³-hybridized carbons (Fsp3) is 0.474. The average Bonchev–Trinajstić information content (AvgIpc) is 3.06. The molecule has 24 heavy (non-hydrogen) atoms. The smallest absolute Gasteiger partial charge is 0.248 e. The molecule has 0 aliphatic carbocycles. The maximum absolute atomic E-state index is 12.4. The van der Waals surface area contributed by atoms with E-state index in [1.807, 2.05) is 40.9 Å². The molecule has 0 saturated carbocycles. The lowest BCUT2D eigenvalue weighted by Crippen LogP contribution is -2.42. The van der Waals surface area contributed by atoms with E-state index in [0.717, 1.165) is 37.9 Å². The van der Waals surface area contributed by atoms with Crippen LogP contribution in [-0.4, -0.2) is 46.9 Å². The number of ether oxygens (including phenoxy) is 1. The summed E-state index contributed by atoms with van der Waals surface area (Å²) in [6, 6.07) is 10.5. The van der Waals surface area contributed by atoms with Gasteiger partial charge in [-0.15, -0.1) is 0 Å². The van der Waals surface area contributed by atoms with Crippen molar-refractivity contribution in [2.24, 2.45) is 0 Å². The number of likely N-dealkylation sites (tertiary alicyclic amines) is 1. The number of benzene rings is 1. The van der Waals surface area contributed by atoms with E-state index in [9.17, 15) is 4.79 Å². The zero-order chi connectivity index (χ0) is 16.8. The quantitative estimate of drug-likeness (QED) is 0.766. The van der Waals surface area contributed by atoms with Gasteiger partial charge in [-0.05, 0) is 37.3 Å². The highest BCUT2D eigenvalue weighted by Crippen LogP contribution is 2.21. The number of piperidine rings is 1. The van der Waals surface area contributed by atoms with Gasteiger partial charge in [-0.2, -0.15) is 5.10 Å². The van der Waals surface area contributed by atoms with Gasteiger partial charge < -0.3 is 9.64 Å². The number of carbonyl (C=O) groups excluding carboxylic acids is 1. The first-order valence-electron chi connectivity index (χ1n) is 8.62. The van der Waals surface area contributed by atoms with Crippen LogP contribution in [0.3, 0.4) is 0 Å². The van der Waals surface area contributed by atoms with Gasteiger partial charge in [-0.25, -0.2) is 0 Å². The Balaban J connectivity index is 1.43. The molecule has 3 rings (SSSR count). The second-order valence-corrected chi connectivity index (χ2v) is 6.42. The predicted octanol–water partition coefficient (Wildman–Crippen LogP) is 2.61. The molecule has 2 heterocycles. The normalized spacial score (nSPS) is 17.9. The maximum atomic E-state index is 12.4. The molecule has 1 amide bonds. The van der Waals surface area contributed by atoms with E-state index < -0.39 is 0 Å². The Morgan fingerprint density at radius 1 is 1.33 bits per heavy atom. The van der Waals surface area contributed by atoms with E-state index in [0.29, 0.717) is 6.61 Å². The molecule has 1 aliphatic rings. The molecule has 0 radical (unpaired) electrons. The Morgan fingerprint density at radius 2 is 2.17 bits per heavy atom. The lowest BCUT2D eigenvalue weighted by molar-refractivity contribution is -0.137. The summed E-state index contributed by atoms with van der Waals surface area (Å²) < 4.78 is 7.58. The number of hydrogen-bond donors (Lipinski definition) is 0. The second-order valence-electron chi connectivity index (χ2n) is 6.42. The molecule has 0 N–H and O–H groups in total. The third kappa shape index (κ3) is 4.45. The van der Waals surface area contributed by atoms with Gasteiger partial charge >= 0.3 is 0 Å². The topological polar surface area (TPSA) is 47.4 Å². The SMILES string of the molecule is Cc1cnn(C2CCCN(C(=O)COCCc3ccccc3)C2)c1. The minimum atomic E-state index is 0.0802. The maximum Gasteiger partial charge on any atom is 0.248 e. The van der Waals surface area contributed by atoms with Crippen molar-refractivity contribution in [1.82, 2.24) is 14.7 Å². The van der Waals surface area contributed by atoms with Crippen LogP contribution in [0.4, 0.5) is 0 Å². The third-order valence-electron chi connectivity index (χ3n) is 4.46. The summed E-state index contributed by atoms with van der Waals surface area (Å²) in [5, 5.41) is 4.39. The van der Waals surface area contributed by atoms with Crippen molar-refractivity contribution in [2.75, 3.05) is 26.3 Å². The van der Waals surface area contributed by atoms with Gasteiger partial charge in [0.15, 0.2) is 0 Å². The molecule has 0 spiro atoms. The van der Waals surface area contributed by atoms with Gasteiger partial charge in [0, 0.05) is 19.3 Å². The van der Waals surface area contributed by atoms with Gasteiger partial charge in [0.05, 0.1) is 18.8 Å². The fourth-order valence-electron chi connectivity index (χ4n) is 3.12. The largest absolute Gasteiger partial charge is 0.371 e. The zero-order valence-electron chi connectivity index (χ0n) is 14.2. The second kappa shape index (κ2) is 8.11. The Bertz CT molecular complexity index is 654. The summed E-state index contributed by atoms with van der Waals surface area (Å²) in [5.41, 5.74) is 2.39. The van der Waals surface area contributed by atoms with Crippen molar-refractivity contribution in [3.05, 3.63) is 53.9 Å². The summed E-state index contributed by atoms with van der Waals surface area (Å²) in [5.74, 6) is 0.0802. The summed E-state index contributed by atoms with van der Waals surface area (Å²) in [7, 11) is 0. The van der Waals surface area contributed by atoms with Crippen molar-refractivity contribution in [2.45, 2.75) is 32.2 Å². The van der Waals surface area contributed by atoms with Gasteiger partial charge in [0.1, 0.15) is 6.61 Å². The van der Waals surface area contributed by atoms with E-state index in [4.69, 9.17) is 4.74 Å². The van der Waals surface area contributed by atoms with Crippen molar-refractivity contribution >= 4 is 5.91 Å². The van der Waals surface area contributed by atoms with Crippen LogP contribution in [0, 0.1) is 6.92 Å². The number of hydrogen-bond acceptors (Lipinski definition) is 3. The van der Waals surface area contributed by atoms with Crippen LogP contribution in [0.1, 0.15) is 30.0 Å². The van der Waals surface area contributed by atoms with Crippen LogP contribution in [0.2, 0.25) is 0 Å². The first-order valence-corrected chi connectivity index (χ1v) is 8.62. The summed E-state index contributed by atoms with van der Waals surface area (Å²) in [4.78, 5) is 14.3. The number of aromatic nitrogens is 2. The first kappa shape index (κ1) is 16.7. The van der Waals surface area contributed by atoms with Gasteiger partial charge in [-0.1, -0.05) is 30.3 Å². The monoisotopic (exact) mass is 327 g/mol. The van der Waals surface area contributed by atoms with E-state index >= 15 is 0 Å². The van der Waals surface area contributed by atoms with Gasteiger partial charge in [0.2, 0.25) is 5.91 Å². The van der Waals surface area contributed by atoms with Crippen LogP contribution >= 0.6 is 0 Å². The number of rotatable bonds is 6. The summed E-state index contributed by atoms with van der Waals surface area (Å²) in [6.07, 6.45) is 6.84. The highest BCUT2D eigenvalue weighted by atomic mass is 16.5. The van der Waals surface area contributed by atoms with Gasteiger partial charge in [0.25, 0.3) is 0 Å². The molecule has 1 aromatic carbocycles. The Morgan fingerprint density at radius 3 is 2.92 bits per heavy atom. The molecule has 128 valence electrons. The Labute approximate surface area is 143 Å². The number of aryl methyl sites for hydroxylation is 1. The lowest BCUT2D eigenvalue weighted by Gasteiger charge is -2.32. The lowest BCUT2D eigenvalue weighted by atomic mass is 10.1. The Kier molecular flexibility index (Phi) is 5.64.